The molecule has 8 nitrogen and oxygen atoms in total. The minimum absolute atomic E-state index is 0.0901. The van der Waals surface area contributed by atoms with Crippen LogP contribution in [-0.2, 0) is 27.9 Å². The van der Waals surface area contributed by atoms with Gasteiger partial charge in [-0.3, -0.25) is 13.8 Å². The third kappa shape index (κ3) is 44.4. The number of rotatable bonds is 47. The number of unbranched alkanes of at least 4 members (excludes halogenated alkanes) is 34. The number of phosphoric ester groups is 1. The van der Waals surface area contributed by atoms with Crippen LogP contribution in [0, 0.1) is 0 Å². The molecule has 0 amide bonds. The molecule has 0 saturated heterocycles. The molecule has 330 valence electrons. The molecule has 2 unspecified atom stereocenters. The molecule has 0 aromatic rings. The van der Waals surface area contributed by atoms with E-state index in [-0.39, 0.29) is 32.3 Å². The van der Waals surface area contributed by atoms with Crippen molar-refractivity contribution in [3.05, 3.63) is 0 Å². The molecule has 2 atom stereocenters. The van der Waals surface area contributed by atoms with Crippen LogP contribution in [0.5, 0.6) is 0 Å². The SMILES string of the molecule is CCCCCCCCCCCCCCCCCCCCCCCCCCCC(=O)OC(COCCCCCCCCCCCCC)COP(=O)(O)OCCN. The lowest BCUT2D eigenvalue weighted by Gasteiger charge is -2.20. The molecule has 0 spiro atoms. The third-order valence-corrected chi connectivity index (χ3v) is 11.8. The molecule has 0 saturated carbocycles. The van der Waals surface area contributed by atoms with E-state index in [2.05, 4.69) is 13.8 Å². The first kappa shape index (κ1) is 54.5. The summed E-state index contributed by atoms with van der Waals surface area (Å²) in [6.45, 7) is 4.98. The van der Waals surface area contributed by atoms with E-state index in [1.807, 2.05) is 0 Å². The molecule has 0 aliphatic heterocycles. The topological polar surface area (TPSA) is 117 Å². The zero-order chi connectivity index (χ0) is 40.2. The van der Waals surface area contributed by atoms with E-state index < -0.39 is 13.9 Å². The van der Waals surface area contributed by atoms with Crippen molar-refractivity contribution in [1.29, 1.82) is 0 Å². The van der Waals surface area contributed by atoms with Gasteiger partial charge in [0.2, 0.25) is 0 Å². The van der Waals surface area contributed by atoms with E-state index in [0.717, 1.165) is 32.1 Å². The van der Waals surface area contributed by atoms with Gasteiger partial charge in [-0.25, -0.2) is 4.57 Å². The van der Waals surface area contributed by atoms with Crippen LogP contribution in [0.25, 0.3) is 0 Å². The number of hydrogen-bond acceptors (Lipinski definition) is 7. The second kappa shape index (κ2) is 44.6. The summed E-state index contributed by atoms with van der Waals surface area (Å²) in [7, 11) is -4.27. The summed E-state index contributed by atoms with van der Waals surface area (Å²) in [5.41, 5.74) is 5.37. The number of hydrogen-bond donors (Lipinski definition) is 2. The molecule has 55 heavy (non-hydrogen) atoms. The Kier molecular flexibility index (Phi) is 44.2. The molecular weight excluding hydrogens is 709 g/mol. The van der Waals surface area contributed by atoms with E-state index in [9.17, 15) is 14.3 Å². The van der Waals surface area contributed by atoms with Crippen LogP contribution in [0.4, 0.5) is 0 Å². The predicted octanol–water partition coefficient (Wildman–Crippen LogP) is 14.5. The van der Waals surface area contributed by atoms with Crippen LogP contribution in [0.15, 0.2) is 0 Å². The summed E-state index contributed by atoms with van der Waals surface area (Å²) in [5, 5.41) is 0. The van der Waals surface area contributed by atoms with E-state index in [1.54, 1.807) is 0 Å². The maximum atomic E-state index is 12.6. The average Bonchev–Trinajstić information content (AvgIpc) is 3.17. The molecule has 0 bridgehead atoms. The van der Waals surface area contributed by atoms with Crippen molar-refractivity contribution in [2.75, 3.05) is 33.0 Å². The molecule has 0 aliphatic rings. The molecule has 3 N–H and O–H groups in total. The summed E-state index contributed by atoms with van der Waals surface area (Å²) < 4.78 is 33.4. The van der Waals surface area contributed by atoms with Crippen molar-refractivity contribution >= 4 is 13.8 Å². The van der Waals surface area contributed by atoms with E-state index in [1.165, 1.54) is 199 Å². The van der Waals surface area contributed by atoms with Gasteiger partial charge in [-0.1, -0.05) is 232 Å². The summed E-state index contributed by atoms with van der Waals surface area (Å²) in [5.74, 6) is -0.323. The number of nitrogens with two attached hydrogens (primary N) is 1. The fourth-order valence-electron chi connectivity index (χ4n) is 7.24. The molecule has 0 aromatic heterocycles. The van der Waals surface area contributed by atoms with Gasteiger partial charge in [-0.15, -0.1) is 0 Å². The molecule has 0 fully saturated rings. The van der Waals surface area contributed by atoms with Crippen molar-refractivity contribution in [3.8, 4) is 0 Å². The number of carbonyl (C=O) groups is 1. The Hall–Kier alpha value is -0.500. The van der Waals surface area contributed by atoms with Crippen LogP contribution in [0.1, 0.15) is 251 Å². The van der Waals surface area contributed by atoms with Gasteiger partial charge in [0.25, 0.3) is 0 Å². The van der Waals surface area contributed by atoms with Gasteiger partial charge < -0.3 is 20.1 Å². The second-order valence-corrected chi connectivity index (χ2v) is 17.8. The zero-order valence-electron chi connectivity index (χ0n) is 36.7. The van der Waals surface area contributed by atoms with Gasteiger partial charge >= 0.3 is 13.8 Å². The minimum atomic E-state index is -4.27. The lowest BCUT2D eigenvalue weighted by Crippen LogP contribution is -2.28. The van der Waals surface area contributed by atoms with Crippen LogP contribution < -0.4 is 5.73 Å². The zero-order valence-corrected chi connectivity index (χ0v) is 37.6. The Morgan fingerprint density at radius 1 is 0.473 bits per heavy atom. The van der Waals surface area contributed by atoms with Crippen LogP contribution in [0.2, 0.25) is 0 Å². The first-order chi connectivity index (χ1) is 26.9. The summed E-state index contributed by atoms with van der Waals surface area (Å²) in [4.78, 5) is 22.5. The Morgan fingerprint density at radius 2 is 0.800 bits per heavy atom. The quantitative estimate of drug-likeness (QED) is 0.0355. The Labute approximate surface area is 341 Å². The lowest BCUT2D eigenvalue weighted by molar-refractivity contribution is -0.154. The van der Waals surface area contributed by atoms with Gasteiger partial charge in [-0.05, 0) is 12.8 Å². The Morgan fingerprint density at radius 3 is 1.15 bits per heavy atom. The number of esters is 1. The molecule has 0 aromatic carbocycles. The van der Waals surface area contributed by atoms with Crippen molar-refractivity contribution in [1.82, 2.24) is 0 Å². The van der Waals surface area contributed by atoms with Gasteiger partial charge in [-0.2, -0.15) is 0 Å². The highest BCUT2D eigenvalue weighted by Gasteiger charge is 2.25. The van der Waals surface area contributed by atoms with Gasteiger partial charge in [0.15, 0.2) is 0 Å². The van der Waals surface area contributed by atoms with Crippen molar-refractivity contribution in [2.24, 2.45) is 5.73 Å². The van der Waals surface area contributed by atoms with Crippen LogP contribution in [0.3, 0.4) is 0 Å². The average molecular weight is 804 g/mol. The summed E-state index contributed by atoms with van der Waals surface area (Å²) in [6.07, 6.45) is 47.1. The standard InChI is InChI=1S/C46H94NO7P/c1-3-5-7-9-11-13-15-16-17-18-19-20-21-22-23-24-25-26-27-28-29-31-33-35-37-39-46(48)54-45(44-53-55(49,50)52-42-40-47)43-51-41-38-36-34-32-30-14-12-10-8-6-4-2/h45H,3-44,47H2,1-2H3,(H,49,50). The number of ether oxygens (including phenoxy) is 2. The van der Waals surface area contributed by atoms with E-state index in [0.29, 0.717) is 13.0 Å². The summed E-state index contributed by atoms with van der Waals surface area (Å²) in [6, 6.07) is 0. The fourth-order valence-corrected chi connectivity index (χ4v) is 8.00. The molecular formula is C46H94NO7P. The first-order valence-electron chi connectivity index (χ1n) is 24.0. The smallest absolute Gasteiger partial charge is 0.457 e. The van der Waals surface area contributed by atoms with E-state index >= 15 is 0 Å². The van der Waals surface area contributed by atoms with Crippen molar-refractivity contribution in [3.63, 3.8) is 0 Å². The Bertz CT molecular complexity index is 817. The van der Waals surface area contributed by atoms with Crippen molar-refractivity contribution in [2.45, 2.75) is 258 Å². The largest absolute Gasteiger partial charge is 0.472 e. The monoisotopic (exact) mass is 804 g/mol. The number of phosphoric acid groups is 1. The minimum Gasteiger partial charge on any atom is -0.457 e. The fraction of sp³-hybridized carbons (Fsp3) is 0.978. The normalized spacial score (nSPS) is 13.3. The molecule has 0 rings (SSSR count). The first-order valence-corrected chi connectivity index (χ1v) is 25.5. The Balaban J connectivity index is 3.81. The van der Waals surface area contributed by atoms with Crippen molar-refractivity contribution < 1.29 is 32.8 Å². The highest BCUT2D eigenvalue weighted by molar-refractivity contribution is 7.47. The van der Waals surface area contributed by atoms with Gasteiger partial charge in [0.1, 0.15) is 6.10 Å². The van der Waals surface area contributed by atoms with Gasteiger partial charge in [0.05, 0.1) is 19.8 Å². The predicted molar refractivity (Wildman–Crippen MR) is 234 cm³/mol. The highest BCUT2D eigenvalue weighted by atomic mass is 31.2. The van der Waals surface area contributed by atoms with Gasteiger partial charge in [0, 0.05) is 19.6 Å². The second-order valence-electron chi connectivity index (χ2n) is 16.3. The third-order valence-electron chi connectivity index (χ3n) is 10.8. The van der Waals surface area contributed by atoms with Crippen LogP contribution in [-0.4, -0.2) is 49.9 Å². The maximum absolute atomic E-state index is 12.6. The number of carbonyl (C=O) groups excluding carboxylic acids is 1. The van der Waals surface area contributed by atoms with E-state index in [4.69, 9.17) is 24.3 Å². The maximum Gasteiger partial charge on any atom is 0.472 e. The molecule has 0 radical (unpaired) electrons. The molecule has 0 aliphatic carbocycles. The molecule has 9 heteroatoms. The molecule has 0 heterocycles. The highest BCUT2D eigenvalue weighted by Crippen LogP contribution is 2.43. The lowest BCUT2D eigenvalue weighted by atomic mass is 10.0. The summed E-state index contributed by atoms with van der Waals surface area (Å²) >= 11 is 0. The van der Waals surface area contributed by atoms with Crippen LogP contribution >= 0.6 is 7.82 Å².